The summed E-state index contributed by atoms with van der Waals surface area (Å²) in [7, 11) is 0. The summed E-state index contributed by atoms with van der Waals surface area (Å²) in [5.41, 5.74) is 5.66. The second kappa shape index (κ2) is 5.54. The van der Waals surface area contributed by atoms with Gasteiger partial charge in [-0.15, -0.1) is 0 Å². The predicted molar refractivity (Wildman–Crippen MR) is 63.3 cm³/mol. The van der Waals surface area contributed by atoms with Gasteiger partial charge in [-0.05, 0) is 6.92 Å². The fourth-order valence-corrected chi connectivity index (χ4v) is 2.60. The highest BCUT2D eigenvalue weighted by molar-refractivity contribution is 7.99. The lowest BCUT2D eigenvalue weighted by Crippen LogP contribution is -2.53. The molecular formula is C10H18N2O3S. The molecule has 0 aromatic heterocycles. The van der Waals surface area contributed by atoms with E-state index in [1.807, 2.05) is 0 Å². The molecule has 0 aliphatic carbocycles. The minimum absolute atomic E-state index is 0.150. The minimum Gasteiger partial charge on any atom is -0.480 e. The highest BCUT2D eigenvalue weighted by Gasteiger charge is 2.35. The highest BCUT2D eigenvalue weighted by Crippen LogP contribution is 2.19. The van der Waals surface area contributed by atoms with Crippen LogP contribution in [-0.2, 0) is 9.59 Å². The van der Waals surface area contributed by atoms with E-state index in [0.717, 1.165) is 5.75 Å². The highest BCUT2D eigenvalue weighted by atomic mass is 32.2. The average molecular weight is 246 g/mol. The molecule has 3 N–H and O–H groups in total. The van der Waals surface area contributed by atoms with Gasteiger partial charge in [0.2, 0.25) is 5.91 Å². The molecule has 0 spiro atoms. The molecule has 1 saturated heterocycles. The lowest BCUT2D eigenvalue weighted by molar-refractivity contribution is -0.151. The third-order valence-corrected chi connectivity index (χ3v) is 3.90. The van der Waals surface area contributed by atoms with Gasteiger partial charge in [-0.2, -0.15) is 11.8 Å². The zero-order valence-electron chi connectivity index (χ0n) is 9.55. The maximum absolute atomic E-state index is 12.0. The number of hydrogen-bond acceptors (Lipinski definition) is 4. The van der Waals surface area contributed by atoms with Gasteiger partial charge in [0.1, 0.15) is 6.04 Å². The van der Waals surface area contributed by atoms with Crippen LogP contribution in [0.4, 0.5) is 0 Å². The lowest BCUT2D eigenvalue weighted by atomic mass is 10.0. The molecule has 1 amide bonds. The summed E-state index contributed by atoms with van der Waals surface area (Å²) < 4.78 is 0. The van der Waals surface area contributed by atoms with Crippen molar-refractivity contribution < 1.29 is 14.7 Å². The third kappa shape index (κ3) is 2.89. The van der Waals surface area contributed by atoms with Crippen molar-refractivity contribution in [3.05, 3.63) is 0 Å². The Bertz CT molecular complexity index is 283. The molecule has 0 bridgehead atoms. The quantitative estimate of drug-likeness (QED) is 0.732. The molecule has 16 heavy (non-hydrogen) atoms. The molecule has 3 unspecified atom stereocenters. The van der Waals surface area contributed by atoms with Crippen LogP contribution in [0.15, 0.2) is 0 Å². The lowest BCUT2D eigenvalue weighted by Gasteiger charge is -2.35. The zero-order chi connectivity index (χ0) is 12.3. The van der Waals surface area contributed by atoms with Crippen LogP contribution in [0, 0.1) is 5.92 Å². The van der Waals surface area contributed by atoms with E-state index in [2.05, 4.69) is 0 Å². The van der Waals surface area contributed by atoms with Gasteiger partial charge >= 0.3 is 5.97 Å². The summed E-state index contributed by atoms with van der Waals surface area (Å²) in [6, 6.07) is -0.955. The number of aliphatic carboxylic acids is 1. The number of nitrogens with zero attached hydrogens (tertiary/aromatic N) is 1. The standard InChI is InChI=1S/C10H18N2O3S/c1-6(7(2)11)9(13)12-3-4-16-5-8(12)10(14)15/h6-8H,3-5,11H2,1-2H3,(H,14,15). The van der Waals surface area contributed by atoms with Crippen molar-refractivity contribution in [2.45, 2.75) is 25.9 Å². The molecular weight excluding hydrogens is 228 g/mol. The van der Waals surface area contributed by atoms with E-state index < -0.39 is 12.0 Å². The maximum atomic E-state index is 12.0. The third-order valence-electron chi connectivity index (χ3n) is 2.87. The fraction of sp³-hybridized carbons (Fsp3) is 0.800. The van der Waals surface area contributed by atoms with Crippen LogP contribution in [0.3, 0.4) is 0 Å². The summed E-state index contributed by atoms with van der Waals surface area (Å²) in [6.45, 7) is 4.00. The SMILES string of the molecule is CC(N)C(C)C(=O)N1CCSCC1C(=O)O. The van der Waals surface area contributed by atoms with E-state index in [-0.39, 0.29) is 17.9 Å². The van der Waals surface area contributed by atoms with Crippen LogP contribution in [0.25, 0.3) is 0 Å². The molecule has 1 aliphatic heterocycles. The van der Waals surface area contributed by atoms with Crippen molar-refractivity contribution in [2.75, 3.05) is 18.1 Å². The van der Waals surface area contributed by atoms with Crippen molar-refractivity contribution in [3.63, 3.8) is 0 Å². The van der Waals surface area contributed by atoms with Crippen LogP contribution < -0.4 is 5.73 Å². The zero-order valence-corrected chi connectivity index (χ0v) is 10.4. The fourth-order valence-electron chi connectivity index (χ4n) is 1.56. The van der Waals surface area contributed by atoms with E-state index in [1.165, 1.54) is 4.90 Å². The number of thioether (sulfide) groups is 1. The monoisotopic (exact) mass is 246 g/mol. The van der Waals surface area contributed by atoms with Gasteiger partial charge in [-0.3, -0.25) is 4.79 Å². The molecule has 5 nitrogen and oxygen atoms in total. The number of hydrogen-bond donors (Lipinski definition) is 2. The first kappa shape index (κ1) is 13.3. The molecule has 1 heterocycles. The molecule has 0 aromatic rings. The number of rotatable bonds is 3. The second-order valence-electron chi connectivity index (χ2n) is 4.11. The Hall–Kier alpha value is -0.750. The first-order valence-corrected chi connectivity index (χ1v) is 6.47. The molecule has 0 saturated carbocycles. The van der Waals surface area contributed by atoms with Crippen molar-refractivity contribution in [2.24, 2.45) is 11.7 Å². The van der Waals surface area contributed by atoms with Gasteiger partial charge in [-0.1, -0.05) is 6.92 Å². The smallest absolute Gasteiger partial charge is 0.327 e. The van der Waals surface area contributed by atoms with Crippen LogP contribution in [0.1, 0.15) is 13.8 Å². The van der Waals surface area contributed by atoms with Crippen LogP contribution in [0.2, 0.25) is 0 Å². The summed E-state index contributed by atoms with van der Waals surface area (Å²) in [5.74, 6) is -0.154. The maximum Gasteiger partial charge on any atom is 0.327 e. The van der Waals surface area contributed by atoms with Gasteiger partial charge < -0.3 is 15.7 Å². The molecule has 1 aliphatic rings. The number of carbonyl (C=O) groups is 2. The Morgan fingerprint density at radius 2 is 2.12 bits per heavy atom. The molecule has 0 aromatic carbocycles. The largest absolute Gasteiger partial charge is 0.480 e. The van der Waals surface area contributed by atoms with Crippen molar-refractivity contribution in [1.82, 2.24) is 4.90 Å². The molecule has 3 atom stereocenters. The van der Waals surface area contributed by atoms with Crippen LogP contribution in [-0.4, -0.2) is 52.0 Å². The van der Waals surface area contributed by atoms with Crippen LogP contribution in [0.5, 0.6) is 0 Å². The van der Waals surface area contributed by atoms with Gasteiger partial charge in [0, 0.05) is 24.1 Å². The van der Waals surface area contributed by atoms with E-state index in [4.69, 9.17) is 10.8 Å². The molecule has 6 heteroatoms. The van der Waals surface area contributed by atoms with E-state index in [1.54, 1.807) is 25.6 Å². The van der Waals surface area contributed by atoms with Crippen LogP contribution >= 0.6 is 11.8 Å². The van der Waals surface area contributed by atoms with Crippen molar-refractivity contribution in [3.8, 4) is 0 Å². The topological polar surface area (TPSA) is 83.6 Å². The van der Waals surface area contributed by atoms with E-state index in [9.17, 15) is 9.59 Å². The summed E-state index contributed by atoms with van der Waals surface area (Å²) in [5, 5.41) is 9.04. The van der Waals surface area contributed by atoms with Gasteiger partial charge in [0.25, 0.3) is 0 Å². The number of nitrogens with two attached hydrogens (primary N) is 1. The van der Waals surface area contributed by atoms with Crippen molar-refractivity contribution >= 4 is 23.6 Å². The molecule has 1 rings (SSSR count). The summed E-state index contributed by atoms with van der Waals surface area (Å²) in [4.78, 5) is 24.5. The van der Waals surface area contributed by atoms with E-state index >= 15 is 0 Å². The van der Waals surface area contributed by atoms with E-state index in [0.29, 0.717) is 12.3 Å². The van der Waals surface area contributed by atoms with Gasteiger partial charge in [-0.25, -0.2) is 4.79 Å². The Morgan fingerprint density at radius 1 is 1.50 bits per heavy atom. The Labute approximate surface area is 99.4 Å². The number of carboxylic acids is 1. The number of carbonyl (C=O) groups excluding carboxylic acids is 1. The Balaban J connectivity index is 2.75. The number of amides is 1. The normalized spacial score (nSPS) is 24.9. The summed E-state index contributed by atoms with van der Waals surface area (Å²) in [6.07, 6.45) is 0. The summed E-state index contributed by atoms with van der Waals surface area (Å²) >= 11 is 1.57. The van der Waals surface area contributed by atoms with Gasteiger partial charge in [0.15, 0.2) is 0 Å². The molecule has 1 fully saturated rings. The molecule has 0 radical (unpaired) electrons. The first-order valence-electron chi connectivity index (χ1n) is 5.31. The predicted octanol–water partition coefficient (Wildman–Crippen LogP) is -0.00170. The van der Waals surface area contributed by atoms with Crippen molar-refractivity contribution in [1.29, 1.82) is 0 Å². The van der Waals surface area contributed by atoms with Gasteiger partial charge in [0.05, 0.1) is 5.92 Å². The number of carboxylic acid groups (broad SMARTS) is 1. The minimum atomic E-state index is -0.933. The Morgan fingerprint density at radius 3 is 2.62 bits per heavy atom. The second-order valence-corrected chi connectivity index (χ2v) is 5.26. The Kier molecular flexibility index (Phi) is 4.61. The average Bonchev–Trinajstić information content (AvgIpc) is 2.26. The first-order chi connectivity index (χ1) is 7.45. The molecule has 92 valence electrons.